The first-order valence-corrected chi connectivity index (χ1v) is 14.2. The van der Waals surface area contributed by atoms with Gasteiger partial charge < -0.3 is 9.47 Å². The van der Waals surface area contributed by atoms with Crippen molar-refractivity contribution in [3.8, 4) is 5.75 Å². The van der Waals surface area contributed by atoms with E-state index in [0.29, 0.717) is 13.2 Å². The zero-order chi connectivity index (χ0) is 26.4. The second-order valence-corrected chi connectivity index (χ2v) is 9.57. The topological polar surface area (TPSA) is 60.2 Å². The minimum absolute atomic E-state index is 0.348. The first-order chi connectivity index (χ1) is 18.2. The van der Waals surface area contributed by atoms with Gasteiger partial charge in [-0.2, -0.15) is 10.2 Å². The molecule has 0 fully saturated rings. The molecule has 2 rings (SSSR count). The summed E-state index contributed by atoms with van der Waals surface area (Å²) in [6.07, 6.45) is 18.3. The minimum atomic E-state index is -0.348. The third kappa shape index (κ3) is 15.0. The monoisotopic (exact) mass is 506 g/mol. The predicted molar refractivity (Wildman–Crippen MR) is 153 cm³/mol. The van der Waals surface area contributed by atoms with Crippen molar-refractivity contribution in [2.24, 2.45) is 10.2 Å². The van der Waals surface area contributed by atoms with Gasteiger partial charge in [-0.1, -0.05) is 89.8 Å². The van der Waals surface area contributed by atoms with Crippen LogP contribution in [0.5, 0.6) is 5.75 Å². The summed E-state index contributed by atoms with van der Waals surface area (Å²) in [4.78, 5) is 11.0. The summed E-state index contributed by atoms with van der Waals surface area (Å²) in [6, 6.07) is 16.2. The van der Waals surface area contributed by atoms with Gasteiger partial charge in [0.25, 0.3) is 0 Å². The second-order valence-electron chi connectivity index (χ2n) is 9.57. The molecule has 0 aromatic heterocycles. The molecule has 0 spiro atoms. The van der Waals surface area contributed by atoms with Crippen molar-refractivity contribution in [2.45, 2.75) is 96.8 Å². The third-order valence-electron chi connectivity index (χ3n) is 6.34. The predicted octanol–water partition coefficient (Wildman–Crippen LogP) is 9.84. The fourth-order valence-electron chi connectivity index (χ4n) is 4.07. The van der Waals surface area contributed by atoms with Crippen LogP contribution >= 0.6 is 0 Å². The van der Waals surface area contributed by atoms with E-state index in [-0.39, 0.29) is 5.97 Å². The molecular formula is C32H46N2O3. The first-order valence-electron chi connectivity index (χ1n) is 14.2. The van der Waals surface area contributed by atoms with Crippen LogP contribution in [0.4, 0.5) is 11.4 Å². The smallest absolute Gasteiger partial charge is 0.330 e. The molecule has 0 radical (unpaired) electrons. The molecule has 0 aliphatic carbocycles. The molecule has 5 nitrogen and oxygen atoms in total. The van der Waals surface area contributed by atoms with Crippen LogP contribution < -0.4 is 4.74 Å². The van der Waals surface area contributed by atoms with Gasteiger partial charge in [0.15, 0.2) is 0 Å². The maximum atomic E-state index is 11.0. The van der Waals surface area contributed by atoms with Crippen molar-refractivity contribution in [1.82, 2.24) is 0 Å². The molecule has 0 aliphatic rings. The molecule has 0 N–H and O–H groups in total. The third-order valence-corrected chi connectivity index (χ3v) is 6.34. The number of hydrogen-bond donors (Lipinski definition) is 0. The van der Waals surface area contributed by atoms with Crippen molar-refractivity contribution in [3.63, 3.8) is 0 Å². The number of carbonyl (C=O) groups is 1. The molecule has 0 amide bonds. The Kier molecular flexibility index (Phi) is 16.5. The number of carbonyl (C=O) groups excluding carboxylic acids is 1. The average Bonchev–Trinajstić information content (AvgIpc) is 2.93. The average molecular weight is 507 g/mol. The fourth-order valence-corrected chi connectivity index (χ4v) is 4.07. The number of azo groups is 1. The van der Waals surface area contributed by atoms with Crippen LogP contribution in [-0.2, 0) is 16.0 Å². The highest BCUT2D eigenvalue weighted by Crippen LogP contribution is 2.22. The molecule has 0 atom stereocenters. The summed E-state index contributed by atoms with van der Waals surface area (Å²) in [5.74, 6) is 0.500. The Morgan fingerprint density at radius 2 is 1.22 bits per heavy atom. The number of nitrogens with zero attached hydrogens (tertiary/aromatic N) is 2. The number of hydrogen-bond acceptors (Lipinski definition) is 5. The maximum Gasteiger partial charge on any atom is 0.330 e. The highest BCUT2D eigenvalue weighted by molar-refractivity contribution is 5.81. The lowest BCUT2D eigenvalue weighted by Gasteiger charge is -2.06. The van der Waals surface area contributed by atoms with E-state index in [4.69, 9.17) is 9.47 Å². The van der Waals surface area contributed by atoms with Gasteiger partial charge in [0.1, 0.15) is 5.75 Å². The van der Waals surface area contributed by atoms with Crippen molar-refractivity contribution < 1.29 is 14.3 Å². The van der Waals surface area contributed by atoms with Crippen LogP contribution in [0.25, 0.3) is 0 Å². The van der Waals surface area contributed by atoms with Crippen molar-refractivity contribution in [2.75, 3.05) is 13.2 Å². The molecule has 0 aliphatic heterocycles. The number of aryl methyl sites for hydroxylation is 1. The Labute approximate surface area is 224 Å². The standard InChI is InChI=1S/C32H46N2O3/c1-3-5-6-7-8-9-11-14-17-28-18-20-29(21-19-28)33-34-30-22-24-31(25-23-30)36-26-15-12-10-13-16-27-37-32(35)4-2/h4,18-25H,2-3,5-17,26-27H2,1H3. The van der Waals surface area contributed by atoms with E-state index < -0.39 is 0 Å². The van der Waals surface area contributed by atoms with E-state index in [1.807, 2.05) is 24.3 Å². The van der Waals surface area contributed by atoms with Gasteiger partial charge in [0, 0.05) is 6.08 Å². The van der Waals surface area contributed by atoms with Crippen LogP contribution in [0.1, 0.15) is 96.0 Å². The van der Waals surface area contributed by atoms with E-state index >= 15 is 0 Å². The lowest BCUT2D eigenvalue weighted by Crippen LogP contribution is -2.01. The molecule has 2 aromatic rings. The lowest BCUT2D eigenvalue weighted by molar-refractivity contribution is -0.137. The highest BCUT2D eigenvalue weighted by atomic mass is 16.5. The lowest BCUT2D eigenvalue weighted by atomic mass is 10.0. The van der Waals surface area contributed by atoms with Crippen LogP contribution in [-0.4, -0.2) is 19.2 Å². The van der Waals surface area contributed by atoms with Crippen molar-refractivity contribution >= 4 is 17.3 Å². The molecule has 0 heterocycles. The summed E-state index contributed by atoms with van der Waals surface area (Å²) in [5.41, 5.74) is 3.06. The van der Waals surface area contributed by atoms with E-state index in [1.54, 1.807) is 0 Å². The van der Waals surface area contributed by atoms with Crippen LogP contribution in [0.2, 0.25) is 0 Å². The summed E-state index contributed by atoms with van der Waals surface area (Å²) in [6.45, 7) is 6.81. The van der Waals surface area contributed by atoms with Crippen molar-refractivity contribution in [1.29, 1.82) is 0 Å². The SMILES string of the molecule is C=CC(=O)OCCCCCCCOc1ccc(N=Nc2ccc(CCCCCCCCCC)cc2)cc1. The Balaban J connectivity index is 1.56. The number of ether oxygens (including phenoxy) is 2. The summed E-state index contributed by atoms with van der Waals surface area (Å²) in [5, 5.41) is 8.73. The Bertz CT molecular complexity index is 891. The zero-order valence-electron chi connectivity index (χ0n) is 22.8. The number of rotatable bonds is 21. The quantitative estimate of drug-likeness (QED) is 0.0732. The Morgan fingerprint density at radius 3 is 1.81 bits per heavy atom. The molecular weight excluding hydrogens is 460 g/mol. The van der Waals surface area contributed by atoms with E-state index in [1.165, 1.54) is 63.0 Å². The van der Waals surface area contributed by atoms with Gasteiger partial charge >= 0.3 is 5.97 Å². The maximum absolute atomic E-state index is 11.0. The molecule has 5 heteroatoms. The zero-order valence-corrected chi connectivity index (χ0v) is 22.8. The van der Waals surface area contributed by atoms with Gasteiger partial charge in [-0.3, -0.25) is 0 Å². The largest absolute Gasteiger partial charge is 0.494 e. The molecule has 0 saturated heterocycles. The van der Waals surface area contributed by atoms with Gasteiger partial charge in [-0.25, -0.2) is 4.79 Å². The molecule has 202 valence electrons. The number of benzene rings is 2. The molecule has 0 bridgehead atoms. The summed E-state index contributed by atoms with van der Waals surface area (Å²) in [7, 11) is 0. The van der Waals surface area contributed by atoms with Crippen LogP contribution in [0.3, 0.4) is 0 Å². The Morgan fingerprint density at radius 1 is 0.703 bits per heavy atom. The molecule has 0 saturated carbocycles. The van der Waals surface area contributed by atoms with Crippen LogP contribution in [0, 0.1) is 0 Å². The van der Waals surface area contributed by atoms with Gasteiger partial charge in [-0.05, 0) is 67.6 Å². The van der Waals surface area contributed by atoms with Crippen LogP contribution in [0.15, 0.2) is 71.4 Å². The highest BCUT2D eigenvalue weighted by Gasteiger charge is 1.99. The van der Waals surface area contributed by atoms with E-state index in [2.05, 4.69) is 48.0 Å². The first kappa shape index (κ1) is 30.3. The minimum Gasteiger partial charge on any atom is -0.494 e. The van der Waals surface area contributed by atoms with Gasteiger partial charge in [0.2, 0.25) is 0 Å². The molecule has 37 heavy (non-hydrogen) atoms. The molecule has 2 aromatic carbocycles. The van der Waals surface area contributed by atoms with Gasteiger partial charge in [0.05, 0.1) is 24.6 Å². The normalized spacial score (nSPS) is 11.1. The summed E-state index contributed by atoms with van der Waals surface area (Å²) < 4.78 is 10.8. The Hall–Kier alpha value is -2.95. The van der Waals surface area contributed by atoms with Crippen molar-refractivity contribution in [3.05, 3.63) is 66.7 Å². The molecule has 0 unspecified atom stereocenters. The van der Waals surface area contributed by atoms with E-state index in [9.17, 15) is 4.79 Å². The number of esters is 1. The fraction of sp³-hybridized carbons (Fsp3) is 0.531. The second kappa shape index (κ2) is 20.1. The van der Waals surface area contributed by atoms with Gasteiger partial charge in [-0.15, -0.1) is 0 Å². The van der Waals surface area contributed by atoms with E-state index in [0.717, 1.165) is 55.6 Å². The number of unbranched alkanes of at least 4 members (excludes halogenated alkanes) is 11. The summed E-state index contributed by atoms with van der Waals surface area (Å²) >= 11 is 0.